The van der Waals surface area contributed by atoms with Crippen LogP contribution in [0.3, 0.4) is 0 Å². The molecule has 0 radical (unpaired) electrons. The van der Waals surface area contributed by atoms with Gasteiger partial charge in [-0.15, -0.1) is 0 Å². The molecule has 310 valence electrons. The lowest BCUT2D eigenvalue weighted by Gasteiger charge is -2.35. The van der Waals surface area contributed by atoms with Crippen LogP contribution in [0.2, 0.25) is 0 Å². The predicted octanol–water partition coefficient (Wildman–Crippen LogP) is 4.96. The third kappa shape index (κ3) is 8.41. The number of nitrogens with one attached hydrogen (secondary N) is 1. The number of halogens is 1. The fourth-order valence-electron chi connectivity index (χ4n) is 9.03. The van der Waals surface area contributed by atoms with Crippen molar-refractivity contribution in [3.8, 4) is 11.6 Å². The van der Waals surface area contributed by atoms with Crippen molar-refractivity contribution in [2.75, 3.05) is 40.0 Å². The first-order chi connectivity index (χ1) is 27.2. The van der Waals surface area contributed by atoms with Crippen LogP contribution >= 0.6 is 0 Å². The van der Waals surface area contributed by atoms with Crippen molar-refractivity contribution < 1.29 is 46.2 Å². The molecule has 3 amide bonds. The van der Waals surface area contributed by atoms with Crippen LogP contribution < -0.4 is 14.2 Å². The zero-order chi connectivity index (χ0) is 40.7. The lowest BCUT2D eigenvalue weighted by molar-refractivity contribution is -0.148. The lowest BCUT2D eigenvalue weighted by Crippen LogP contribution is -2.49. The van der Waals surface area contributed by atoms with E-state index in [1.807, 2.05) is 19.1 Å². The average molecular weight is 811 g/mol. The number of nitrogens with zero attached hydrogens (tertiary/aromatic N) is 3. The largest absolute Gasteiger partial charge is 0.494 e. The van der Waals surface area contributed by atoms with Gasteiger partial charge in [0.1, 0.15) is 6.10 Å². The molecule has 7 rings (SSSR count). The number of hydrogen-bond acceptors (Lipinski definition) is 10. The first-order valence-electron chi connectivity index (χ1n) is 20.4. The van der Waals surface area contributed by atoms with Crippen molar-refractivity contribution in [2.45, 2.75) is 102 Å². The van der Waals surface area contributed by atoms with Crippen LogP contribution in [0.1, 0.15) is 85.0 Å². The molecule has 2 aromatic rings. The van der Waals surface area contributed by atoms with Gasteiger partial charge in [-0.3, -0.25) is 23.9 Å². The number of allylic oxidation sites excluding steroid dienone is 2. The Balaban J connectivity index is 1.24. The Kier molecular flexibility index (Phi) is 11.7. The van der Waals surface area contributed by atoms with Crippen molar-refractivity contribution in [1.82, 2.24) is 19.5 Å². The van der Waals surface area contributed by atoms with E-state index in [0.717, 1.165) is 6.42 Å². The first kappa shape index (κ1) is 41.1. The molecule has 15 heteroatoms. The number of ketones is 1. The number of pyridine rings is 1. The van der Waals surface area contributed by atoms with Gasteiger partial charge in [0, 0.05) is 49.9 Å². The highest BCUT2D eigenvalue weighted by Gasteiger charge is 2.62. The Labute approximate surface area is 334 Å². The summed E-state index contributed by atoms with van der Waals surface area (Å²) < 4.78 is 59.9. The lowest BCUT2D eigenvalue weighted by atomic mass is 9.79. The van der Waals surface area contributed by atoms with Crippen molar-refractivity contribution in [2.24, 2.45) is 29.1 Å². The van der Waals surface area contributed by atoms with Crippen molar-refractivity contribution in [3.05, 3.63) is 42.4 Å². The van der Waals surface area contributed by atoms with Gasteiger partial charge < -0.3 is 24.0 Å². The molecule has 0 spiro atoms. The number of carbonyl (C=O) groups excluding carboxylic acids is 4. The van der Waals surface area contributed by atoms with Gasteiger partial charge in [0.25, 0.3) is 0 Å². The second-order valence-electron chi connectivity index (χ2n) is 17.1. The van der Waals surface area contributed by atoms with E-state index in [1.165, 1.54) is 24.3 Å². The number of methoxy groups -OCH3 is 1. The number of aromatic nitrogens is 1. The summed E-state index contributed by atoms with van der Waals surface area (Å²) in [6, 6.07) is 3.50. The van der Waals surface area contributed by atoms with E-state index in [9.17, 15) is 27.2 Å². The Morgan fingerprint density at radius 3 is 2.60 bits per heavy atom. The highest BCUT2D eigenvalue weighted by atomic mass is 32.2. The summed E-state index contributed by atoms with van der Waals surface area (Å²) in [5, 5.41) is 1.01. The molecule has 5 aliphatic rings. The van der Waals surface area contributed by atoms with Gasteiger partial charge in [-0.25, -0.2) is 17.8 Å². The Hall–Kier alpha value is -4.11. The molecule has 2 aliphatic carbocycles. The number of carbonyl (C=O) groups is 4. The number of Topliss-reactive ketones (excluding diaryl/α,β-unsaturated/α-hetero) is 1. The second kappa shape index (κ2) is 16.3. The number of hydrogen-bond donors (Lipinski definition) is 1. The summed E-state index contributed by atoms with van der Waals surface area (Å²) in [6.07, 6.45) is 8.58. The van der Waals surface area contributed by atoms with E-state index >= 15 is 4.79 Å². The maximum Gasteiger partial charge on any atom is 0.240 e. The molecule has 7 atom stereocenters. The summed E-state index contributed by atoms with van der Waals surface area (Å²) in [6.45, 7) is 7.47. The summed E-state index contributed by atoms with van der Waals surface area (Å²) in [5.41, 5.74) is -1.29. The van der Waals surface area contributed by atoms with Gasteiger partial charge >= 0.3 is 0 Å². The molecule has 0 unspecified atom stereocenters. The smallest absolute Gasteiger partial charge is 0.240 e. The minimum absolute atomic E-state index is 0.00452. The SMILES string of the molecule is CC[C@@H]1C[C@H](C)CC/C=C\[C@@H]2C[C@@]2(C(=O)NS(=O)(=O)C2(C)CC2)CC(=O)[C@@H]2C[C@@H](Oc3nccc4cc(OC)c(F)cc34)CN2C(=O)[C@H]1CC(=O)N1CCOCC1. The minimum atomic E-state index is -3.97. The number of fused-ring (bicyclic) bond motifs is 3. The van der Waals surface area contributed by atoms with E-state index in [1.54, 1.807) is 24.0 Å². The third-order valence-corrected chi connectivity index (χ3v) is 15.3. The number of ether oxygens (including phenoxy) is 3. The van der Waals surface area contributed by atoms with Crippen molar-refractivity contribution in [1.29, 1.82) is 0 Å². The van der Waals surface area contributed by atoms with E-state index in [2.05, 4.69) is 16.6 Å². The molecule has 1 aromatic carbocycles. The standard InChI is InChI=1S/C42H55FN4O9S/c1-5-27-18-26(2)8-6-7-9-29-23-42(29,40(51)45-57(52,53)41(3)11-12-41)24-35(48)34-20-30(56-38-31-21-33(43)36(54-4)19-28(31)10-13-44-38)25-47(34)39(50)32(27)22-37(49)46-14-16-55-17-15-46/h7,9-10,13,19,21,26-27,29-30,32,34H,5-6,8,11-12,14-18,20,22-25H2,1-4H3,(H,45,51)/b9-7-/t26-,27-,29-,30-,32+,34+,42-/m1/s1. The topological polar surface area (TPSA) is 162 Å². The molecule has 3 aliphatic heterocycles. The zero-order valence-electron chi connectivity index (χ0n) is 33.3. The maximum atomic E-state index is 15.1. The Morgan fingerprint density at radius 1 is 1.14 bits per heavy atom. The van der Waals surface area contributed by atoms with E-state index in [4.69, 9.17) is 14.2 Å². The van der Waals surface area contributed by atoms with E-state index < -0.39 is 50.0 Å². The van der Waals surface area contributed by atoms with E-state index in [0.29, 0.717) is 75.6 Å². The predicted molar refractivity (Wildman–Crippen MR) is 209 cm³/mol. The fourth-order valence-corrected chi connectivity index (χ4v) is 10.4. The molecule has 4 fully saturated rings. The van der Waals surface area contributed by atoms with Gasteiger partial charge in [0.15, 0.2) is 17.3 Å². The molecular formula is C42H55FN4O9S. The normalized spacial score (nSPS) is 31.0. The molecule has 0 bridgehead atoms. The molecule has 1 aromatic heterocycles. The maximum absolute atomic E-state index is 15.1. The summed E-state index contributed by atoms with van der Waals surface area (Å²) in [7, 11) is -2.60. The van der Waals surface area contributed by atoms with Gasteiger partial charge in [-0.2, -0.15) is 0 Å². The summed E-state index contributed by atoms with van der Waals surface area (Å²) in [4.78, 5) is 65.4. The van der Waals surface area contributed by atoms with Crippen LogP contribution in [0.25, 0.3) is 10.8 Å². The van der Waals surface area contributed by atoms with Gasteiger partial charge in [0.2, 0.25) is 33.6 Å². The zero-order valence-corrected chi connectivity index (χ0v) is 34.2. The van der Waals surface area contributed by atoms with Crippen LogP contribution in [-0.4, -0.2) is 104 Å². The monoisotopic (exact) mass is 810 g/mol. The molecular weight excluding hydrogens is 756 g/mol. The third-order valence-electron chi connectivity index (χ3n) is 13.2. The van der Waals surface area contributed by atoms with Gasteiger partial charge in [-0.1, -0.05) is 32.4 Å². The Bertz CT molecular complexity index is 2030. The van der Waals surface area contributed by atoms with Crippen LogP contribution in [0.4, 0.5) is 4.39 Å². The van der Waals surface area contributed by atoms with Crippen molar-refractivity contribution >= 4 is 44.3 Å². The number of amides is 3. The fraction of sp³-hybridized carbons (Fsp3) is 0.643. The van der Waals surface area contributed by atoms with Crippen LogP contribution in [0.5, 0.6) is 11.6 Å². The highest BCUT2D eigenvalue weighted by Crippen LogP contribution is 2.58. The highest BCUT2D eigenvalue weighted by molar-refractivity contribution is 7.91. The minimum Gasteiger partial charge on any atom is -0.494 e. The number of morpholine rings is 1. The number of rotatable bonds is 9. The van der Waals surface area contributed by atoms with Gasteiger partial charge in [0.05, 0.1) is 43.1 Å². The van der Waals surface area contributed by atoms with Crippen LogP contribution in [0, 0.1) is 34.9 Å². The number of sulfonamides is 1. The molecule has 57 heavy (non-hydrogen) atoms. The molecule has 1 N–H and O–H groups in total. The molecule has 2 saturated heterocycles. The molecule has 4 heterocycles. The van der Waals surface area contributed by atoms with Crippen LogP contribution in [0.15, 0.2) is 36.5 Å². The summed E-state index contributed by atoms with van der Waals surface area (Å²) in [5.74, 6) is -2.99. The van der Waals surface area contributed by atoms with Crippen molar-refractivity contribution in [3.63, 3.8) is 0 Å². The van der Waals surface area contributed by atoms with Gasteiger partial charge in [-0.05, 0) is 86.8 Å². The average Bonchev–Trinajstić information content (AvgIpc) is 4.07. The van der Waals surface area contributed by atoms with E-state index in [-0.39, 0.29) is 72.8 Å². The molecule has 2 saturated carbocycles. The van der Waals surface area contributed by atoms with Crippen LogP contribution in [-0.2, 0) is 33.9 Å². The Morgan fingerprint density at radius 2 is 1.89 bits per heavy atom. The molecule has 13 nitrogen and oxygen atoms in total. The quantitative estimate of drug-likeness (QED) is 0.343. The number of benzene rings is 1. The second-order valence-corrected chi connectivity index (χ2v) is 19.3. The summed E-state index contributed by atoms with van der Waals surface area (Å²) >= 11 is 0. The first-order valence-corrected chi connectivity index (χ1v) is 21.9.